The summed E-state index contributed by atoms with van der Waals surface area (Å²) >= 11 is 0. The standard InChI is InChI=1S/C17H18O2/c18-17(11-5-2-1-3-6-11)19-16-10-12-9-15(16)14-8-4-7-13(12)14/h1-6,8,12-16H,7,9-10H2. The van der Waals surface area contributed by atoms with Crippen LogP contribution in [-0.2, 0) is 4.74 Å². The Labute approximate surface area is 113 Å². The lowest BCUT2D eigenvalue weighted by molar-refractivity contribution is 0.00501. The summed E-state index contributed by atoms with van der Waals surface area (Å²) in [5.41, 5.74) is 0.670. The van der Waals surface area contributed by atoms with Gasteiger partial charge in [-0.3, -0.25) is 0 Å². The van der Waals surface area contributed by atoms with Crippen molar-refractivity contribution in [2.45, 2.75) is 25.4 Å². The number of esters is 1. The molecule has 4 rings (SSSR count). The highest BCUT2D eigenvalue weighted by atomic mass is 16.5. The molecule has 5 atom stereocenters. The number of hydrogen-bond acceptors (Lipinski definition) is 2. The number of hydrogen-bond donors (Lipinski definition) is 0. The van der Waals surface area contributed by atoms with Crippen molar-refractivity contribution in [3.8, 4) is 0 Å². The van der Waals surface area contributed by atoms with E-state index in [4.69, 9.17) is 4.74 Å². The third-order valence-electron chi connectivity index (χ3n) is 5.22. The van der Waals surface area contributed by atoms with Crippen molar-refractivity contribution in [2.24, 2.45) is 23.7 Å². The van der Waals surface area contributed by atoms with Gasteiger partial charge in [-0.05, 0) is 49.1 Å². The molecule has 2 nitrogen and oxygen atoms in total. The highest BCUT2D eigenvalue weighted by molar-refractivity contribution is 5.89. The van der Waals surface area contributed by atoms with Crippen LogP contribution in [0.15, 0.2) is 42.5 Å². The fourth-order valence-corrected chi connectivity index (χ4v) is 4.40. The molecule has 0 radical (unpaired) electrons. The van der Waals surface area contributed by atoms with E-state index in [0.29, 0.717) is 17.4 Å². The van der Waals surface area contributed by atoms with Crippen LogP contribution in [0.4, 0.5) is 0 Å². The van der Waals surface area contributed by atoms with Crippen molar-refractivity contribution in [3.05, 3.63) is 48.0 Å². The number of ether oxygens (including phenoxy) is 1. The van der Waals surface area contributed by atoms with Crippen LogP contribution >= 0.6 is 0 Å². The number of fused-ring (bicyclic) bond motifs is 5. The van der Waals surface area contributed by atoms with Gasteiger partial charge in [0.15, 0.2) is 0 Å². The van der Waals surface area contributed by atoms with E-state index < -0.39 is 0 Å². The second kappa shape index (κ2) is 4.22. The lowest BCUT2D eigenvalue weighted by Gasteiger charge is -2.30. The Morgan fingerprint density at radius 2 is 1.95 bits per heavy atom. The first-order valence-corrected chi connectivity index (χ1v) is 7.25. The molecular weight excluding hydrogens is 236 g/mol. The molecule has 2 bridgehead atoms. The van der Waals surface area contributed by atoms with Crippen LogP contribution in [0.25, 0.3) is 0 Å². The Bertz CT molecular complexity index is 519. The zero-order valence-corrected chi connectivity index (χ0v) is 10.9. The van der Waals surface area contributed by atoms with Crippen molar-refractivity contribution in [1.29, 1.82) is 0 Å². The van der Waals surface area contributed by atoms with Crippen molar-refractivity contribution >= 4 is 5.97 Å². The first-order chi connectivity index (χ1) is 9.33. The van der Waals surface area contributed by atoms with Crippen molar-refractivity contribution < 1.29 is 9.53 Å². The summed E-state index contributed by atoms with van der Waals surface area (Å²) in [5, 5.41) is 0. The van der Waals surface area contributed by atoms with E-state index in [-0.39, 0.29) is 12.1 Å². The number of carbonyl (C=O) groups is 1. The maximum Gasteiger partial charge on any atom is 0.338 e. The SMILES string of the molecule is O=C(OC1CC2CC1C1C=CCC21)c1ccccc1. The van der Waals surface area contributed by atoms with Gasteiger partial charge in [0.05, 0.1) is 5.56 Å². The quantitative estimate of drug-likeness (QED) is 0.597. The predicted octanol–water partition coefficient (Wildman–Crippen LogP) is 3.44. The molecule has 19 heavy (non-hydrogen) atoms. The minimum atomic E-state index is -0.156. The Hall–Kier alpha value is -1.57. The highest BCUT2D eigenvalue weighted by Crippen LogP contribution is 2.57. The van der Waals surface area contributed by atoms with Crippen molar-refractivity contribution in [2.75, 3.05) is 0 Å². The molecule has 98 valence electrons. The van der Waals surface area contributed by atoms with Crippen LogP contribution in [0.2, 0.25) is 0 Å². The number of benzene rings is 1. The maximum absolute atomic E-state index is 12.1. The van der Waals surface area contributed by atoms with Crippen molar-refractivity contribution in [3.63, 3.8) is 0 Å². The Balaban J connectivity index is 1.48. The molecule has 3 aliphatic carbocycles. The van der Waals surface area contributed by atoms with Gasteiger partial charge >= 0.3 is 5.97 Å². The molecule has 0 heterocycles. The Morgan fingerprint density at radius 1 is 1.11 bits per heavy atom. The zero-order valence-electron chi connectivity index (χ0n) is 10.9. The molecule has 0 saturated heterocycles. The zero-order chi connectivity index (χ0) is 12.8. The van der Waals surface area contributed by atoms with E-state index in [0.717, 1.165) is 18.3 Å². The Morgan fingerprint density at radius 3 is 2.79 bits per heavy atom. The summed E-state index contributed by atoms with van der Waals surface area (Å²) in [6.45, 7) is 0. The molecule has 0 amide bonds. The molecule has 1 aromatic carbocycles. The summed E-state index contributed by atoms with van der Waals surface area (Å²) < 4.78 is 5.77. The van der Waals surface area contributed by atoms with Gasteiger partial charge in [0.25, 0.3) is 0 Å². The molecular formula is C17H18O2. The van der Waals surface area contributed by atoms with Crippen LogP contribution in [0.3, 0.4) is 0 Å². The minimum Gasteiger partial charge on any atom is -0.458 e. The minimum absolute atomic E-state index is 0.140. The van der Waals surface area contributed by atoms with Crippen LogP contribution in [0, 0.1) is 23.7 Å². The van der Waals surface area contributed by atoms with Crippen molar-refractivity contribution in [1.82, 2.24) is 0 Å². The second-order valence-corrected chi connectivity index (χ2v) is 6.11. The fraction of sp³-hybridized carbons (Fsp3) is 0.471. The maximum atomic E-state index is 12.1. The first-order valence-electron chi connectivity index (χ1n) is 7.25. The topological polar surface area (TPSA) is 26.3 Å². The van der Waals surface area contributed by atoms with Crippen LogP contribution in [-0.4, -0.2) is 12.1 Å². The van der Waals surface area contributed by atoms with Gasteiger partial charge in [-0.2, -0.15) is 0 Å². The molecule has 3 aliphatic rings. The molecule has 0 aromatic heterocycles. The third-order valence-corrected chi connectivity index (χ3v) is 5.22. The van der Waals surface area contributed by atoms with Gasteiger partial charge in [0, 0.05) is 5.92 Å². The molecule has 0 spiro atoms. The van der Waals surface area contributed by atoms with Crippen LogP contribution in [0.5, 0.6) is 0 Å². The molecule has 1 aromatic rings. The Kier molecular flexibility index (Phi) is 2.51. The highest BCUT2D eigenvalue weighted by Gasteiger charge is 2.53. The fourth-order valence-electron chi connectivity index (χ4n) is 4.40. The molecule has 2 saturated carbocycles. The van der Waals surface area contributed by atoms with E-state index in [1.165, 1.54) is 12.8 Å². The summed E-state index contributed by atoms with van der Waals surface area (Å²) in [4.78, 5) is 12.1. The largest absolute Gasteiger partial charge is 0.458 e. The summed E-state index contributed by atoms with van der Waals surface area (Å²) in [5.74, 6) is 2.71. The smallest absolute Gasteiger partial charge is 0.338 e. The predicted molar refractivity (Wildman–Crippen MR) is 72.6 cm³/mol. The molecule has 0 aliphatic heterocycles. The van der Waals surface area contributed by atoms with Gasteiger partial charge in [-0.15, -0.1) is 0 Å². The van der Waals surface area contributed by atoms with Crippen LogP contribution in [0.1, 0.15) is 29.6 Å². The molecule has 0 N–H and O–H groups in total. The van der Waals surface area contributed by atoms with E-state index in [1.807, 2.05) is 30.3 Å². The second-order valence-electron chi connectivity index (χ2n) is 6.11. The lowest BCUT2D eigenvalue weighted by Crippen LogP contribution is -2.32. The van der Waals surface area contributed by atoms with Gasteiger partial charge < -0.3 is 4.74 Å². The van der Waals surface area contributed by atoms with Gasteiger partial charge in [-0.25, -0.2) is 4.79 Å². The number of rotatable bonds is 2. The van der Waals surface area contributed by atoms with Crippen LogP contribution < -0.4 is 0 Å². The van der Waals surface area contributed by atoms with E-state index in [9.17, 15) is 4.79 Å². The number of allylic oxidation sites excluding steroid dienone is 2. The summed E-state index contributed by atoms with van der Waals surface area (Å²) in [6, 6.07) is 9.34. The molecule has 2 fully saturated rings. The number of carbonyl (C=O) groups excluding carboxylic acids is 1. The average Bonchev–Trinajstić information content (AvgIpc) is 3.11. The monoisotopic (exact) mass is 254 g/mol. The van der Waals surface area contributed by atoms with E-state index >= 15 is 0 Å². The van der Waals surface area contributed by atoms with E-state index in [2.05, 4.69) is 12.2 Å². The van der Waals surface area contributed by atoms with Gasteiger partial charge in [0.2, 0.25) is 0 Å². The van der Waals surface area contributed by atoms with E-state index in [1.54, 1.807) is 0 Å². The van der Waals surface area contributed by atoms with Gasteiger partial charge in [0.1, 0.15) is 6.10 Å². The lowest BCUT2D eigenvalue weighted by atomic mass is 9.80. The average molecular weight is 254 g/mol. The summed E-state index contributed by atoms with van der Waals surface area (Å²) in [6.07, 6.45) is 8.39. The summed E-state index contributed by atoms with van der Waals surface area (Å²) in [7, 11) is 0. The third kappa shape index (κ3) is 1.73. The molecule has 5 unspecified atom stereocenters. The normalized spacial score (nSPS) is 38.4. The molecule has 2 heteroatoms. The van der Waals surface area contributed by atoms with Gasteiger partial charge in [-0.1, -0.05) is 30.4 Å². The first kappa shape index (κ1) is 11.3.